The molecule has 0 saturated heterocycles. The third-order valence-electron chi connectivity index (χ3n) is 2.52. The summed E-state index contributed by atoms with van der Waals surface area (Å²) in [5.41, 5.74) is 1.24. The summed E-state index contributed by atoms with van der Waals surface area (Å²) >= 11 is 0. The number of ether oxygens (including phenoxy) is 2. The number of rotatable bonds is 6. The zero-order valence-corrected chi connectivity index (χ0v) is 12.2. The quantitative estimate of drug-likeness (QED) is 0.803. The molecule has 106 valence electrons. The second-order valence-corrected chi connectivity index (χ2v) is 5.43. The maximum atomic E-state index is 11.0. The Morgan fingerprint density at radius 1 is 1.32 bits per heavy atom. The Morgan fingerprint density at radius 2 is 2.05 bits per heavy atom. The number of esters is 1. The Kier molecular flexibility index (Phi) is 5.83. The van der Waals surface area contributed by atoms with Gasteiger partial charge in [-0.05, 0) is 38.5 Å². The van der Waals surface area contributed by atoms with E-state index in [1.54, 1.807) is 0 Å². The normalized spacial score (nSPS) is 11.2. The Hall–Kier alpha value is -1.55. The van der Waals surface area contributed by atoms with Crippen molar-refractivity contribution in [2.24, 2.45) is 0 Å². The molecule has 0 bridgehead atoms. The summed E-state index contributed by atoms with van der Waals surface area (Å²) in [5.74, 6) is 0.516. The van der Waals surface area contributed by atoms with Gasteiger partial charge in [-0.15, -0.1) is 0 Å². The molecule has 0 heterocycles. The highest BCUT2D eigenvalue weighted by atomic mass is 16.5. The van der Waals surface area contributed by atoms with E-state index < -0.39 is 0 Å². The highest BCUT2D eigenvalue weighted by Crippen LogP contribution is 2.14. The first-order valence-corrected chi connectivity index (χ1v) is 6.44. The minimum Gasteiger partial charge on any atom is -0.493 e. The topological polar surface area (TPSA) is 47.6 Å². The monoisotopic (exact) mass is 265 g/mol. The first-order chi connectivity index (χ1) is 8.90. The molecule has 0 aliphatic rings. The van der Waals surface area contributed by atoms with E-state index in [1.807, 2.05) is 24.3 Å². The van der Waals surface area contributed by atoms with Gasteiger partial charge in [0.05, 0.1) is 20.1 Å². The van der Waals surface area contributed by atoms with Crippen molar-refractivity contribution < 1.29 is 14.3 Å². The van der Waals surface area contributed by atoms with E-state index in [-0.39, 0.29) is 17.9 Å². The average molecular weight is 265 g/mol. The lowest BCUT2D eigenvalue weighted by Crippen LogP contribution is -2.35. The van der Waals surface area contributed by atoms with Gasteiger partial charge in [-0.2, -0.15) is 0 Å². The number of nitrogens with one attached hydrogen (secondary N) is 1. The van der Waals surface area contributed by atoms with Crippen LogP contribution in [0.15, 0.2) is 24.3 Å². The van der Waals surface area contributed by atoms with Gasteiger partial charge in [0, 0.05) is 12.1 Å². The molecule has 0 radical (unpaired) electrons. The molecule has 4 nitrogen and oxygen atoms in total. The number of hydrogen-bond acceptors (Lipinski definition) is 4. The van der Waals surface area contributed by atoms with Gasteiger partial charge in [0.25, 0.3) is 0 Å². The van der Waals surface area contributed by atoms with Crippen LogP contribution in [0.4, 0.5) is 0 Å². The van der Waals surface area contributed by atoms with Gasteiger partial charge in [0.2, 0.25) is 0 Å². The second kappa shape index (κ2) is 7.14. The fraction of sp³-hybridized carbons (Fsp3) is 0.533. The van der Waals surface area contributed by atoms with E-state index in [4.69, 9.17) is 4.74 Å². The second-order valence-electron chi connectivity index (χ2n) is 5.43. The molecule has 0 aliphatic carbocycles. The summed E-state index contributed by atoms with van der Waals surface area (Å²) < 4.78 is 10.1. The Bertz CT molecular complexity index is 410. The summed E-state index contributed by atoms with van der Waals surface area (Å²) in [6.45, 7) is 7.51. The molecule has 1 aromatic carbocycles. The van der Waals surface area contributed by atoms with E-state index in [0.29, 0.717) is 6.61 Å². The number of carbonyl (C=O) groups excluding carboxylic acids is 1. The Labute approximate surface area is 115 Å². The summed E-state index contributed by atoms with van der Waals surface area (Å²) in [7, 11) is 1.38. The minimum absolute atomic E-state index is 0.0851. The molecule has 0 saturated carbocycles. The molecule has 0 amide bonds. The van der Waals surface area contributed by atoms with Crippen LogP contribution in [0.25, 0.3) is 0 Å². The summed E-state index contributed by atoms with van der Waals surface area (Å²) in [6, 6.07) is 7.87. The van der Waals surface area contributed by atoms with Gasteiger partial charge >= 0.3 is 5.97 Å². The lowest BCUT2D eigenvalue weighted by molar-refractivity contribution is -0.141. The van der Waals surface area contributed by atoms with Crippen LogP contribution >= 0.6 is 0 Å². The van der Waals surface area contributed by atoms with E-state index in [9.17, 15) is 4.79 Å². The molecule has 0 atom stereocenters. The molecule has 1 rings (SSSR count). The lowest BCUT2D eigenvalue weighted by atomic mass is 10.1. The molecule has 0 aliphatic heterocycles. The summed E-state index contributed by atoms with van der Waals surface area (Å²) in [6.07, 6.45) is 0.265. The predicted octanol–water partition coefficient (Wildman–Crippen LogP) is 2.52. The standard InChI is InChI=1S/C15H23NO3/c1-15(2,3)16-11-12-6-5-7-13(10-12)19-9-8-14(17)18-4/h5-7,10,16H,8-9,11H2,1-4H3. The lowest BCUT2D eigenvalue weighted by Gasteiger charge is -2.20. The van der Waals surface area contributed by atoms with Crippen LogP contribution in [0.3, 0.4) is 0 Å². The molecule has 0 spiro atoms. The largest absolute Gasteiger partial charge is 0.493 e. The molecular weight excluding hydrogens is 242 g/mol. The minimum atomic E-state index is -0.259. The number of benzene rings is 1. The van der Waals surface area contributed by atoms with Gasteiger partial charge in [-0.3, -0.25) is 4.79 Å². The van der Waals surface area contributed by atoms with Crippen LogP contribution in [0.1, 0.15) is 32.8 Å². The van der Waals surface area contributed by atoms with Gasteiger partial charge < -0.3 is 14.8 Å². The first-order valence-electron chi connectivity index (χ1n) is 6.44. The third-order valence-corrected chi connectivity index (χ3v) is 2.52. The molecule has 1 aromatic rings. The van der Waals surface area contributed by atoms with E-state index >= 15 is 0 Å². The third kappa shape index (κ3) is 6.82. The van der Waals surface area contributed by atoms with E-state index in [1.165, 1.54) is 7.11 Å². The summed E-state index contributed by atoms with van der Waals surface area (Å²) in [5, 5.41) is 3.42. The van der Waals surface area contributed by atoms with Crippen LogP contribution in [-0.2, 0) is 16.1 Å². The Balaban J connectivity index is 2.45. The van der Waals surface area contributed by atoms with E-state index in [0.717, 1.165) is 17.9 Å². The molecule has 4 heteroatoms. The van der Waals surface area contributed by atoms with Crippen LogP contribution in [0.5, 0.6) is 5.75 Å². The van der Waals surface area contributed by atoms with Gasteiger partial charge in [-0.25, -0.2) is 0 Å². The van der Waals surface area contributed by atoms with Crippen molar-refractivity contribution in [2.75, 3.05) is 13.7 Å². The fourth-order valence-electron chi connectivity index (χ4n) is 1.47. The molecule has 0 unspecified atom stereocenters. The predicted molar refractivity (Wildman–Crippen MR) is 75.2 cm³/mol. The summed E-state index contributed by atoms with van der Waals surface area (Å²) in [4.78, 5) is 11.0. The maximum Gasteiger partial charge on any atom is 0.308 e. The fourth-order valence-corrected chi connectivity index (χ4v) is 1.47. The average Bonchev–Trinajstić information content (AvgIpc) is 2.36. The zero-order valence-electron chi connectivity index (χ0n) is 12.2. The number of carbonyl (C=O) groups is 1. The van der Waals surface area contributed by atoms with Crippen molar-refractivity contribution in [1.29, 1.82) is 0 Å². The highest BCUT2D eigenvalue weighted by Gasteiger charge is 2.08. The van der Waals surface area contributed by atoms with Crippen molar-refractivity contribution in [3.05, 3.63) is 29.8 Å². The maximum absolute atomic E-state index is 11.0. The van der Waals surface area contributed by atoms with Gasteiger partial charge in [0.15, 0.2) is 0 Å². The van der Waals surface area contributed by atoms with Gasteiger partial charge in [0.1, 0.15) is 5.75 Å². The van der Waals surface area contributed by atoms with E-state index in [2.05, 4.69) is 30.8 Å². The first kappa shape index (κ1) is 15.5. The number of hydrogen-bond donors (Lipinski definition) is 1. The molecule has 0 fully saturated rings. The molecule has 1 N–H and O–H groups in total. The van der Waals surface area contributed by atoms with Crippen molar-refractivity contribution in [3.8, 4) is 5.75 Å². The van der Waals surface area contributed by atoms with Crippen LogP contribution < -0.4 is 10.1 Å². The van der Waals surface area contributed by atoms with Crippen molar-refractivity contribution in [1.82, 2.24) is 5.32 Å². The Morgan fingerprint density at radius 3 is 2.68 bits per heavy atom. The molecule has 0 aromatic heterocycles. The van der Waals surface area contributed by atoms with Gasteiger partial charge in [-0.1, -0.05) is 12.1 Å². The SMILES string of the molecule is COC(=O)CCOc1cccc(CNC(C)(C)C)c1. The van der Waals surface area contributed by atoms with Crippen molar-refractivity contribution >= 4 is 5.97 Å². The number of methoxy groups -OCH3 is 1. The smallest absolute Gasteiger partial charge is 0.308 e. The molecule has 19 heavy (non-hydrogen) atoms. The van der Waals surface area contributed by atoms with Crippen LogP contribution in [0.2, 0.25) is 0 Å². The highest BCUT2D eigenvalue weighted by molar-refractivity contribution is 5.69. The van der Waals surface area contributed by atoms with Crippen LogP contribution in [-0.4, -0.2) is 25.2 Å². The molecular formula is C15H23NO3. The van der Waals surface area contributed by atoms with Crippen LogP contribution in [0, 0.1) is 0 Å². The van der Waals surface area contributed by atoms with Crippen molar-refractivity contribution in [3.63, 3.8) is 0 Å². The zero-order chi connectivity index (χ0) is 14.3. The van der Waals surface area contributed by atoms with Crippen molar-refractivity contribution in [2.45, 2.75) is 39.3 Å².